The number of carbonyl (C=O) groups excluding carboxylic acids is 3. The van der Waals surface area contributed by atoms with E-state index in [9.17, 15) is 14.4 Å². The Morgan fingerprint density at radius 1 is 1.22 bits per heavy atom. The summed E-state index contributed by atoms with van der Waals surface area (Å²) in [6.45, 7) is 2.10. The third-order valence-corrected chi connectivity index (χ3v) is 6.63. The van der Waals surface area contributed by atoms with Crippen molar-refractivity contribution in [1.29, 1.82) is 0 Å². The average molecular weight is 373 g/mol. The van der Waals surface area contributed by atoms with Crippen molar-refractivity contribution in [2.45, 2.75) is 56.5 Å². The lowest BCUT2D eigenvalue weighted by atomic mass is 9.67. The Kier molecular flexibility index (Phi) is 5.27. The molecule has 1 heterocycles. The van der Waals surface area contributed by atoms with Gasteiger partial charge in [-0.25, -0.2) is 4.79 Å². The third kappa shape index (κ3) is 2.82. The Balaban J connectivity index is 2.06. The number of fused-ring (bicyclic) bond motifs is 1. The zero-order valence-electron chi connectivity index (χ0n) is 16.1. The first kappa shape index (κ1) is 19.4. The van der Waals surface area contributed by atoms with Gasteiger partial charge in [-0.05, 0) is 43.6 Å². The smallest absolute Gasteiger partial charge is 0.328 e. The fraction of sp³-hybridized carbons (Fsp3) is 0.571. The number of nitrogens with zero attached hydrogens (tertiary/aromatic N) is 1. The fourth-order valence-corrected chi connectivity index (χ4v) is 5.44. The van der Waals surface area contributed by atoms with E-state index >= 15 is 0 Å². The van der Waals surface area contributed by atoms with Crippen molar-refractivity contribution in [3.8, 4) is 0 Å². The van der Waals surface area contributed by atoms with Gasteiger partial charge in [0.25, 0.3) is 0 Å². The monoisotopic (exact) mass is 373 g/mol. The van der Waals surface area contributed by atoms with Crippen LogP contribution in [0.2, 0.25) is 0 Å². The molecule has 1 saturated heterocycles. The summed E-state index contributed by atoms with van der Waals surface area (Å²) in [5.74, 6) is -0.697. The van der Waals surface area contributed by atoms with Crippen LogP contribution in [0.3, 0.4) is 0 Å². The Hall–Kier alpha value is -2.37. The van der Waals surface area contributed by atoms with Gasteiger partial charge in [0.2, 0.25) is 6.41 Å². The van der Waals surface area contributed by atoms with Crippen molar-refractivity contribution in [1.82, 2.24) is 4.90 Å². The number of ether oxygens (including phenoxy) is 2. The van der Waals surface area contributed by atoms with E-state index in [2.05, 4.69) is 6.92 Å². The minimum atomic E-state index is -0.870. The van der Waals surface area contributed by atoms with E-state index in [1.807, 2.05) is 30.3 Å². The van der Waals surface area contributed by atoms with E-state index in [1.54, 1.807) is 4.90 Å². The highest BCUT2D eigenvalue weighted by molar-refractivity contribution is 5.86. The first-order valence-corrected chi connectivity index (χ1v) is 9.40. The lowest BCUT2D eigenvalue weighted by Crippen LogP contribution is -2.56. The predicted octanol–water partition coefficient (Wildman–Crippen LogP) is 2.67. The lowest BCUT2D eigenvalue weighted by molar-refractivity contribution is -0.159. The van der Waals surface area contributed by atoms with E-state index in [1.165, 1.54) is 14.2 Å². The maximum atomic E-state index is 12.9. The van der Waals surface area contributed by atoms with Crippen LogP contribution in [0.25, 0.3) is 0 Å². The van der Waals surface area contributed by atoms with Crippen molar-refractivity contribution >= 4 is 18.3 Å². The molecule has 27 heavy (non-hydrogen) atoms. The summed E-state index contributed by atoms with van der Waals surface area (Å²) in [6.07, 6.45) is 3.67. The normalized spacial score (nSPS) is 30.5. The summed E-state index contributed by atoms with van der Waals surface area (Å²) >= 11 is 0. The molecule has 2 unspecified atom stereocenters. The fourth-order valence-electron chi connectivity index (χ4n) is 5.44. The molecule has 0 spiro atoms. The van der Waals surface area contributed by atoms with Gasteiger partial charge in [0.15, 0.2) is 0 Å². The number of esters is 2. The molecule has 1 aliphatic carbocycles. The summed E-state index contributed by atoms with van der Waals surface area (Å²) < 4.78 is 10.1. The Morgan fingerprint density at radius 3 is 2.52 bits per heavy atom. The molecular formula is C21H27NO5. The van der Waals surface area contributed by atoms with Crippen LogP contribution in [0, 0.1) is 5.41 Å². The molecule has 1 aliphatic heterocycles. The number of methoxy groups -OCH3 is 2. The highest BCUT2D eigenvalue weighted by Gasteiger charge is 2.70. The number of benzene rings is 1. The minimum absolute atomic E-state index is 0.118. The van der Waals surface area contributed by atoms with Gasteiger partial charge >= 0.3 is 11.9 Å². The molecule has 6 nitrogen and oxygen atoms in total. The number of hydrogen-bond donors (Lipinski definition) is 0. The second kappa shape index (κ2) is 7.33. The topological polar surface area (TPSA) is 72.9 Å². The summed E-state index contributed by atoms with van der Waals surface area (Å²) in [5.41, 5.74) is -0.467. The van der Waals surface area contributed by atoms with Gasteiger partial charge in [0.1, 0.15) is 6.04 Å². The molecule has 1 aromatic rings. The second-order valence-corrected chi connectivity index (χ2v) is 7.73. The van der Waals surface area contributed by atoms with Crippen LogP contribution in [-0.2, 0) is 23.9 Å². The summed E-state index contributed by atoms with van der Waals surface area (Å²) in [6, 6.07) is 9.27. The van der Waals surface area contributed by atoms with Crippen LogP contribution < -0.4 is 0 Å². The number of carbonyl (C=O) groups is 3. The van der Waals surface area contributed by atoms with Crippen LogP contribution >= 0.6 is 0 Å². The molecule has 2 fully saturated rings. The van der Waals surface area contributed by atoms with Crippen molar-refractivity contribution in [2.75, 3.05) is 14.2 Å². The minimum Gasteiger partial charge on any atom is -0.469 e. The summed E-state index contributed by atoms with van der Waals surface area (Å²) in [7, 11) is 2.68. The molecule has 1 amide bonds. The molecule has 6 heteroatoms. The highest BCUT2D eigenvalue weighted by atomic mass is 16.5. The van der Waals surface area contributed by atoms with Crippen molar-refractivity contribution in [3.63, 3.8) is 0 Å². The van der Waals surface area contributed by atoms with E-state index < -0.39 is 23.0 Å². The van der Waals surface area contributed by atoms with Crippen molar-refractivity contribution in [2.24, 2.45) is 5.41 Å². The molecule has 0 N–H and O–H groups in total. The molecule has 1 aromatic carbocycles. The zero-order valence-corrected chi connectivity index (χ0v) is 16.1. The van der Waals surface area contributed by atoms with Crippen LogP contribution in [-0.4, -0.2) is 49.0 Å². The molecule has 2 aliphatic rings. The molecular weight excluding hydrogens is 346 g/mol. The van der Waals surface area contributed by atoms with Crippen LogP contribution in [0.5, 0.6) is 0 Å². The van der Waals surface area contributed by atoms with Gasteiger partial charge in [-0.3, -0.25) is 9.59 Å². The number of rotatable bonds is 6. The zero-order chi connectivity index (χ0) is 19.7. The SMILES string of the molecule is COC(=O)[C@@H]1CC2(C(=O)OC)CCCC2(C[C@@H](C)c2ccccc2)N1C=O. The summed E-state index contributed by atoms with van der Waals surface area (Å²) in [5, 5.41) is 0. The third-order valence-electron chi connectivity index (χ3n) is 6.63. The largest absolute Gasteiger partial charge is 0.469 e. The van der Waals surface area contributed by atoms with Crippen molar-refractivity contribution < 1.29 is 23.9 Å². The molecule has 146 valence electrons. The van der Waals surface area contributed by atoms with Crippen LogP contribution in [0.4, 0.5) is 0 Å². The van der Waals surface area contributed by atoms with Crippen LogP contribution in [0.15, 0.2) is 30.3 Å². The number of amides is 1. The summed E-state index contributed by atoms with van der Waals surface area (Å²) in [4.78, 5) is 39.0. The highest BCUT2D eigenvalue weighted by Crippen LogP contribution is 2.62. The maximum Gasteiger partial charge on any atom is 0.328 e. The van der Waals surface area contributed by atoms with Gasteiger partial charge in [-0.15, -0.1) is 0 Å². The predicted molar refractivity (Wildman–Crippen MR) is 98.8 cm³/mol. The maximum absolute atomic E-state index is 12.9. The van der Waals surface area contributed by atoms with Gasteiger partial charge in [0, 0.05) is 0 Å². The first-order chi connectivity index (χ1) is 13.0. The molecule has 0 radical (unpaired) electrons. The van der Waals surface area contributed by atoms with E-state index in [0.29, 0.717) is 19.3 Å². The second-order valence-electron chi connectivity index (χ2n) is 7.73. The molecule has 1 saturated carbocycles. The molecule has 3 rings (SSSR count). The molecule has 0 aromatic heterocycles. The van der Waals surface area contributed by atoms with E-state index in [4.69, 9.17) is 9.47 Å². The molecule has 0 bridgehead atoms. The Morgan fingerprint density at radius 2 is 1.93 bits per heavy atom. The molecule has 4 atom stereocenters. The van der Waals surface area contributed by atoms with Gasteiger partial charge in [-0.1, -0.05) is 37.3 Å². The van der Waals surface area contributed by atoms with E-state index in [-0.39, 0.29) is 18.3 Å². The van der Waals surface area contributed by atoms with Gasteiger partial charge in [-0.2, -0.15) is 0 Å². The Labute approximate surface area is 159 Å². The van der Waals surface area contributed by atoms with Gasteiger partial charge in [0.05, 0.1) is 25.2 Å². The number of likely N-dealkylation sites (tertiary alicyclic amines) is 1. The number of hydrogen-bond acceptors (Lipinski definition) is 5. The Bertz CT molecular complexity index is 721. The van der Waals surface area contributed by atoms with Crippen molar-refractivity contribution in [3.05, 3.63) is 35.9 Å². The first-order valence-electron chi connectivity index (χ1n) is 9.40. The van der Waals surface area contributed by atoms with Gasteiger partial charge < -0.3 is 14.4 Å². The van der Waals surface area contributed by atoms with Crippen LogP contribution in [0.1, 0.15) is 50.5 Å². The average Bonchev–Trinajstić information content (AvgIpc) is 3.18. The van der Waals surface area contributed by atoms with E-state index in [0.717, 1.165) is 18.4 Å². The standard InChI is InChI=1S/C21H27NO5/c1-15(16-8-5-4-6-9-16)12-21-11-7-10-20(21,19(25)27-3)13-17(18(24)26-2)22(21)14-23/h4-6,8-9,14-15,17H,7,10-13H2,1-3H3/t15-,17+,20?,21?/m1/s1. The quantitative estimate of drug-likeness (QED) is 0.566. The lowest BCUT2D eigenvalue weighted by Gasteiger charge is -2.44.